The lowest BCUT2D eigenvalue weighted by Gasteiger charge is -2.40. The Morgan fingerprint density at radius 1 is 1.18 bits per heavy atom. The zero-order chi connectivity index (χ0) is 15.7. The van der Waals surface area contributed by atoms with Gasteiger partial charge in [-0.3, -0.25) is 9.80 Å². The van der Waals surface area contributed by atoms with Crippen molar-refractivity contribution in [2.24, 2.45) is 0 Å². The van der Waals surface area contributed by atoms with Crippen molar-refractivity contribution >= 4 is 22.4 Å². The number of rotatable bonds is 3. The van der Waals surface area contributed by atoms with Crippen molar-refractivity contribution in [3.05, 3.63) is 54.7 Å². The van der Waals surface area contributed by atoms with Crippen LogP contribution in [0.5, 0.6) is 0 Å². The molecule has 2 aromatic rings. The number of carbonyl (C=O) groups is 1. The summed E-state index contributed by atoms with van der Waals surface area (Å²) in [4.78, 5) is 11.5. The van der Waals surface area contributed by atoms with Gasteiger partial charge in [-0.1, -0.05) is 36.4 Å². The van der Waals surface area contributed by atoms with Crippen LogP contribution in [0.2, 0.25) is 0 Å². The fourth-order valence-electron chi connectivity index (χ4n) is 3.00. The van der Waals surface area contributed by atoms with Crippen LogP contribution in [0.4, 0.5) is 5.69 Å². The van der Waals surface area contributed by atoms with Gasteiger partial charge in [-0.15, -0.1) is 0 Å². The van der Waals surface area contributed by atoms with Crippen LogP contribution in [0.3, 0.4) is 0 Å². The molecule has 4 nitrogen and oxygen atoms in total. The van der Waals surface area contributed by atoms with Crippen molar-refractivity contribution in [2.45, 2.75) is 26.5 Å². The van der Waals surface area contributed by atoms with Crippen LogP contribution in [-0.2, 0) is 9.53 Å². The smallest absolute Gasteiger partial charge is 0.305 e. The molecule has 0 fully saturated rings. The van der Waals surface area contributed by atoms with E-state index in [1.165, 1.54) is 6.92 Å². The summed E-state index contributed by atoms with van der Waals surface area (Å²) in [6, 6.07) is 14.4. The maximum atomic E-state index is 11.5. The molecule has 1 atom stereocenters. The van der Waals surface area contributed by atoms with E-state index >= 15 is 0 Å². The summed E-state index contributed by atoms with van der Waals surface area (Å²) >= 11 is 0. The number of anilines is 1. The van der Waals surface area contributed by atoms with E-state index in [9.17, 15) is 4.79 Å². The van der Waals surface area contributed by atoms with Crippen LogP contribution in [-0.4, -0.2) is 23.2 Å². The quantitative estimate of drug-likeness (QED) is 0.809. The summed E-state index contributed by atoms with van der Waals surface area (Å²) in [6.07, 6.45) is 3.88. The summed E-state index contributed by atoms with van der Waals surface area (Å²) < 4.78 is 5.61. The first kappa shape index (κ1) is 14.4. The van der Waals surface area contributed by atoms with Gasteiger partial charge >= 0.3 is 5.97 Å². The molecule has 1 aliphatic heterocycles. The third-order valence-corrected chi connectivity index (χ3v) is 3.90. The molecule has 22 heavy (non-hydrogen) atoms. The standard InChI is InChI=1S/C18H20N2O2/c1-4-19-13-12-18(3,22-14(2)21)20(19)17-11-7-9-15-8-5-6-10-16(15)17/h5-13H,4H2,1-3H3. The van der Waals surface area contributed by atoms with Crippen molar-refractivity contribution in [3.63, 3.8) is 0 Å². The van der Waals surface area contributed by atoms with Crippen LogP contribution in [0, 0.1) is 0 Å². The molecule has 1 aliphatic rings. The maximum Gasteiger partial charge on any atom is 0.305 e. The molecule has 0 bridgehead atoms. The lowest BCUT2D eigenvalue weighted by atomic mass is 10.1. The molecule has 0 N–H and O–H groups in total. The van der Waals surface area contributed by atoms with Gasteiger partial charge in [0.1, 0.15) is 0 Å². The molecule has 0 aliphatic carbocycles. The maximum absolute atomic E-state index is 11.5. The predicted molar refractivity (Wildman–Crippen MR) is 88.1 cm³/mol. The molecule has 1 heterocycles. The fourth-order valence-corrected chi connectivity index (χ4v) is 3.00. The number of hydrogen-bond acceptors (Lipinski definition) is 4. The van der Waals surface area contributed by atoms with Crippen molar-refractivity contribution in [1.29, 1.82) is 0 Å². The van der Waals surface area contributed by atoms with E-state index in [1.807, 2.05) is 42.4 Å². The van der Waals surface area contributed by atoms with Gasteiger partial charge in [-0.05, 0) is 24.5 Å². The molecule has 1 unspecified atom stereocenters. The lowest BCUT2D eigenvalue weighted by molar-refractivity contribution is -0.152. The molecule has 114 valence electrons. The Labute approximate surface area is 130 Å². The van der Waals surface area contributed by atoms with Gasteiger partial charge in [0.2, 0.25) is 5.72 Å². The Balaban J connectivity index is 2.15. The second kappa shape index (κ2) is 5.37. The van der Waals surface area contributed by atoms with Gasteiger partial charge in [-0.2, -0.15) is 0 Å². The third-order valence-electron chi connectivity index (χ3n) is 3.90. The highest BCUT2D eigenvalue weighted by molar-refractivity contribution is 5.94. The minimum Gasteiger partial charge on any atom is -0.434 e. The molecule has 3 rings (SSSR count). The average molecular weight is 296 g/mol. The number of esters is 1. The molecule has 2 aromatic carbocycles. The van der Waals surface area contributed by atoms with E-state index in [0.717, 1.165) is 23.0 Å². The second-order valence-corrected chi connectivity index (χ2v) is 5.53. The molecule has 0 amide bonds. The summed E-state index contributed by atoms with van der Waals surface area (Å²) in [6.45, 7) is 6.20. The topological polar surface area (TPSA) is 32.8 Å². The Morgan fingerprint density at radius 2 is 1.91 bits per heavy atom. The van der Waals surface area contributed by atoms with Crippen LogP contribution in [0.1, 0.15) is 20.8 Å². The molecule has 4 heteroatoms. The Bertz CT molecular complexity index is 735. The minimum absolute atomic E-state index is 0.296. The van der Waals surface area contributed by atoms with E-state index in [4.69, 9.17) is 4.74 Å². The largest absolute Gasteiger partial charge is 0.434 e. The molecule has 0 radical (unpaired) electrons. The zero-order valence-electron chi connectivity index (χ0n) is 13.1. The number of hydrogen-bond donors (Lipinski definition) is 0. The highest BCUT2D eigenvalue weighted by Crippen LogP contribution is 2.37. The van der Waals surface area contributed by atoms with Crippen LogP contribution < -0.4 is 5.01 Å². The first-order valence-corrected chi connectivity index (χ1v) is 7.48. The summed E-state index contributed by atoms with van der Waals surface area (Å²) in [5.41, 5.74) is 0.208. The van der Waals surface area contributed by atoms with Gasteiger partial charge in [0.15, 0.2) is 0 Å². The normalized spacial score (nSPS) is 20.7. The Kier molecular flexibility index (Phi) is 3.53. The highest BCUT2D eigenvalue weighted by Gasteiger charge is 2.40. The van der Waals surface area contributed by atoms with Gasteiger partial charge in [-0.25, -0.2) is 5.01 Å². The van der Waals surface area contributed by atoms with Gasteiger partial charge in [0.05, 0.1) is 5.69 Å². The van der Waals surface area contributed by atoms with Crippen molar-refractivity contribution in [3.8, 4) is 0 Å². The first-order valence-electron chi connectivity index (χ1n) is 7.48. The van der Waals surface area contributed by atoms with E-state index in [1.54, 1.807) is 0 Å². The van der Waals surface area contributed by atoms with E-state index < -0.39 is 5.72 Å². The molecule has 0 saturated carbocycles. The lowest BCUT2D eigenvalue weighted by Crippen LogP contribution is -2.51. The second-order valence-electron chi connectivity index (χ2n) is 5.53. The molecular formula is C18H20N2O2. The van der Waals surface area contributed by atoms with Crippen LogP contribution in [0.25, 0.3) is 10.8 Å². The number of hydrazine groups is 1. The summed E-state index contributed by atoms with van der Waals surface area (Å²) in [5, 5.41) is 6.39. The molecule has 0 spiro atoms. The highest BCUT2D eigenvalue weighted by atomic mass is 16.6. The number of nitrogens with zero attached hydrogens (tertiary/aromatic N) is 2. The van der Waals surface area contributed by atoms with Crippen LogP contribution >= 0.6 is 0 Å². The zero-order valence-corrected chi connectivity index (χ0v) is 13.1. The number of fused-ring (bicyclic) bond motifs is 1. The van der Waals surface area contributed by atoms with E-state index in [-0.39, 0.29) is 5.97 Å². The molecule has 0 aromatic heterocycles. The molecule has 0 saturated heterocycles. The fraction of sp³-hybridized carbons (Fsp3) is 0.278. The number of carbonyl (C=O) groups excluding carboxylic acids is 1. The van der Waals surface area contributed by atoms with Gasteiger partial charge in [0, 0.05) is 32.0 Å². The van der Waals surface area contributed by atoms with E-state index in [0.29, 0.717) is 0 Å². The Hall–Kier alpha value is -2.49. The SMILES string of the molecule is CCN1C=CC(C)(OC(C)=O)N1c1cccc2ccccc12. The summed E-state index contributed by atoms with van der Waals surface area (Å²) in [5.74, 6) is -0.296. The van der Waals surface area contributed by atoms with Crippen molar-refractivity contribution in [2.75, 3.05) is 11.6 Å². The third kappa shape index (κ3) is 2.30. The van der Waals surface area contributed by atoms with Crippen molar-refractivity contribution in [1.82, 2.24) is 5.01 Å². The van der Waals surface area contributed by atoms with E-state index in [2.05, 4.69) is 36.2 Å². The summed E-state index contributed by atoms with van der Waals surface area (Å²) in [7, 11) is 0. The monoisotopic (exact) mass is 296 g/mol. The predicted octanol–water partition coefficient (Wildman–Crippen LogP) is 3.69. The van der Waals surface area contributed by atoms with Gasteiger partial charge < -0.3 is 4.74 Å². The minimum atomic E-state index is -0.814. The first-order chi connectivity index (χ1) is 10.5. The van der Waals surface area contributed by atoms with Crippen molar-refractivity contribution < 1.29 is 9.53 Å². The number of benzene rings is 2. The Morgan fingerprint density at radius 3 is 2.64 bits per heavy atom. The van der Waals surface area contributed by atoms with Gasteiger partial charge in [0.25, 0.3) is 0 Å². The average Bonchev–Trinajstić information content (AvgIpc) is 2.82. The number of ether oxygens (including phenoxy) is 1. The molecular weight excluding hydrogens is 276 g/mol. The van der Waals surface area contributed by atoms with Crippen LogP contribution in [0.15, 0.2) is 54.7 Å².